The van der Waals surface area contributed by atoms with Gasteiger partial charge in [-0.1, -0.05) is 54.6 Å². The number of nitrogens with one attached hydrogen (secondary N) is 2. The van der Waals surface area contributed by atoms with Gasteiger partial charge in [-0.25, -0.2) is 9.59 Å². The molecule has 0 aliphatic heterocycles. The molecule has 0 saturated carbocycles. The van der Waals surface area contributed by atoms with Crippen molar-refractivity contribution < 1.29 is 24.5 Å². The summed E-state index contributed by atoms with van der Waals surface area (Å²) in [5.74, 6) is -1.25. The summed E-state index contributed by atoms with van der Waals surface area (Å²) in [4.78, 5) is 27.4. The number of amides is 1. The molecular formula is C26H22N2O5. The summed E-state index contributed by atoms with van der Waals surface area (Å²) in [7, 11) is 0. The number of H-pyrrole nitrogens is 1. The molecule has 1 aromatic heterocycles. The molecule has 5 rings (SSSR count). The number of aromatic hydroxyl groups is 1. The van der Waals surface area contributed by atoms with Crippen molar-refractivity contribution in [1.82, 2.24) is 10.3 Å². The lowest BCUT2D eigenvalue weighted by molar-refractivity contribution is -0.139. The summed E-state index contributed by atoms with van der Waals surface area (Å²) in [5, 5.41) is 22.8. The zero-order valence-electron chi connectivity index (χ0n) is 17.6. The molecule has 7 nitrogen and oxygen atoms in total. The number of phenolic OH excluding ortho intramolecular Hbond substituents is 1. The highest BCUT2D eigenvalue weighted by Gasteiger charge is 2.30. The molecule has 1 aliphatic carbocycles. The first-order valence-corrected chi connectivity index (χ1v) is 10.6. The molecule has 7 heteroatoms. The second-order valence-electron chi connectivity index (χ2n) is 8.08. The van der Waals surface area contributed by atoms with Crippen LogP contribution in [0.2, 0.25) is 0 Å². The van der Waals surface area contributed by atoms with Gasteiger partial charge in [-0.3, -0.25) is 0 Å². The van der Waals surface area contributed by atoms with E-state index in [1.165, 1.54) is 6.07 Å². The molecule has 0 spiro atoms. The Balaban J connectivity index is 1.29. The number of hydrogen-bond donors (Lipinski definition) is 4. The minimum atomic E-state index is -1.21. The third kappa shape index (κ3) is 3.78. The second kappa shape index (κ2) is 8.35. The van der Waals surface area contributed by atoms with Gasteiger partial charge in [-0.15, -0.1) is 0 Å². The molecule has 0 bridgehead atoms. The van der Waals surface area contributed by atoms with E-state index in [1.54, 1.807) is 18.3 Å². The van der Waals surface area contributed by atoms with E-state index >= 15 is 0 Å². The Kier molecular flexibility index (Phi) is 5.22. The highest BCUT2D eigenvalue weighted by atomic mass is 16.5. The molecule has 1 unspecified atom stereocenters. The average Bonchev–Trinajstić information content (AvgIpc) is 3.37. The first kappa shape index (κ1) is 20.6. The first-order valence-electron chi connectivity index (χ1n) is 10.6. The molecule has 1 heterocycles. The van der Waals surface area contributed by atoms with Crippen LogP contribution in [0.15, 0.2) is 72.9 Å². The fraction of sp³-hybridized carbons (Fsp3) is 0.154. The lowest BCUT2D eigenvalue weighted by Crippen LogP contribution is -2.42. The van der Waals surface area contributed by atoms with E-state index in [9.17, 15) is 19.8 Å². The van der Waals surface area contributed by atoms with Gasteiger partial charge in [0.25, 0.3) is 0 Å². The minimum absolute atomic E-state index is 0.00287. The molecule has 1 atom stereocenters. The molecule has 0 radical (unpaired) electrons. The quantitative estimate of drug-likeness (QED) is 0.353. The van der Waals surface area contributed by atoms with E-state index in [4.69, 9.17) is 4.74 Å². The topological polar surface area (TPSA) is 112 Å². The van der Waals surface area contributed by atoms with Crippen molar-refractivity contribution in [3.63, 3.8) is 0 Å². The predicted octanol–water partition coefficient (Wildman–Crippen LogP) is 4.41. The van der Waals surface area contributed by atoms with Gasteiger partial charge >= 0.3 is 12.1 Å². The summed E-state index contributed by atoms with van der Waals surface area (Å²) in [6, 6.07) is 19.8. The van der Waals surface area contributed by atoms with Crippen LogP contribution in [0.25, 0.3) is 22.0 Å². The number of hydrogen-bond acceptors (Lipinski definition) is 4. The first-order chi connectivity index (χ1) is 16.0. The van der Waals surface area contributed by atoms with Crippen molar-refractivity contribution >= 4 is 23.0 Å². The van der Waals surface area contributed by atoms with Crippen LogP contribution in [-0.4, -0.2) is 39.9 Å². The number of alkyl carbamates (subject to hydrolysis) is 1. The number of benzene rings is 3. The van der Waals surface area contributed by atoms with Gasteiger partial charge in [0.15, 0.2) is 0 Å². The number of carbonyl (C=O) groups excluding carboxylic acids is 1. The van der Waals surface area contributed by atoms with Crippen LogP contribution >= 0.6 is 0 Å². The number of rotatable bonds is 6. The summed E-state index contributed by atoms with van der Waals surface area (Å²) in [6.45, 7) is 0.0973. The van der Waals surface area contributed by atoms with E-state index < -0.39 is 18.1 Å². The number of aromatic nitrogens is 1. The monoisotopic (exact) mass is 442 g/mol. The van der Waals surface area contributed by atoms with Gasteiger partial charge in [0.2, 0.25) is 0 Å². The van der Waals surface area contributed by atoms with Crippen molar-refractivity contribution in [2.24, 2.45) is 0 Å². The third-order valence-corrected chi connectivity index (χ3v) is 6.12. The molecule has 4 aromatic rings. The van der Waals surface area contributed by atoms with Gasteiger partial charge in [-0.05, 0) is 39.9 Å². The molecule has 3 aromatic carbocycles. The van der Waals surface area contributed by atoms with Crippen LogP contribution in [0.5, 0.6) is 5.75 Å². The zero-order valence-corrected chi connectivity index (χ0v) is 17.6. The molecule has 0 saturated heterocycles. The predicted molar refractivity (Wildman–Crippen MR) is 123 cm³/mol. The highest BCUT2D eigenvalue weighted by Crippen LogP contribution is 2.44. The summed E-state index contributed by atoms with van der Waals surface area (Å²) >= 11 is 0. The number of carbonyl (C=O) groups is 2. The Morgan fingerprint density at radius 1 is 0.970 bits per heavy atom. The van der Waals surface area contributed by atoms with Crippen molar-refractivity contribution in [3.8, 4) is 16.9 Å². The zero-order chi connectivity index (χ0) is 22.9. The van der Waals surface area contributed by atoms with Gasteiger partial charge in [0, 0.05) is 29.4 Å². The van der Waals surface area contributed by atoms with Crippen LogP contribution in [0.4, 0.5) is 4.79 Å². The molecule has 4 N–H and O–H groups in total. The number of fused-ring (bicyclic) bond motifs is 4. The molecule has 0 fully saturated rings. The summed E-state index contributed by atoms with van der Waals surface area (Å²) in [5.41, 5.74) is 5.67. The van der Waals surface area contributed by atoms with Crippen molar-refractivity contribution in [2.45, 2.75) is 18.4 Å². The van der Waals surface area contributed by atoms with Crippen LogP contribution < -0.4 is 5.32 Å². The van der Waals surface area contributed by atoms with Crippen LogP contribution in [0.3, 0.4) is 0 Å². The van der Waals surface area contributed by atoms with E-state index in [-0.39, 0.29) is 24.7 Å². The average molecular weight is 442 g/mol. The van der Waals surface area contributed by atoms with E-state index in [0.29, 0.717) is 16.5 Å². The second-order valence-corrected chi connectivity index (χ2v) is 8.08. The Morgan fingerprint density at radius 3 is 2.30 bits per heavy atom. The fourth-order valence-electron chi connectivity index (χ4n) is 4.60. The van der Waals surface area contributed by atoms with Crippen molar-refractivity contribution in [2.75, 3.05) is 6.61 Å². The van der Waals surface area contributed by atoms with E-state index in [2.05, 4.69) is 10.3 Å². The normalized spacial score (nSPS) is 13.3. The number of aliphatic carboxylic acids is 1. The largest absolute Gasteiger partial charge is 0.507 e. The molecular weight excluding hydrogens is 420 g/mol. The number of carboxylic acid groups (broad SMARTS) is 1. The Morgan fingerprint density at radius 2 is 1.64 bits per heavy atom. The van der Waals surface area contributed by atoms with Crippen LogP contribution in [-0.2, 0) is 16.0 Å². The maximum atomic E-state index is 12.5. The molecule has 33 heavy (non-hydrogen) atoms. The number of phenols is 1. The minimum Gasteiger partial charge on any atom is -0.507 e. The lowest BCUT2D eigenvalue weighted by Gasteiger charge is -2.17. The van der Waals surface area contributed by atoms with Gasteiger partial charge in [0.1, 0.15) is 18.4 Å². The van der Waals surface area contributed by atoms with Crippen LogP contribution in [0, 0.1) is 0 Å². The van der Waals surface area contributed by atoms with E-state index in [0.717, 1.165) is 22.3 Å². The summed E-state index contributed by atoms with van der Waals surface area (Å²) in [6.07, 6.45) is 0.838. The Hall–Kier alpha value is -4.26. The van der Waals surface area contributed by atoms with Crippen molar-refractivity contribution in [1.29, 1.82) is 0 Å². The number of ether oxygens (including phenoxy) is 1. The Bertz CT molecular complexity index is 1310. The van der Waals surface area contributed by atoms with Gasteiger partial charge in [0.05, 0.1) is 0 Å². The number of aromatic amines is 1. The molecule has 166 valence electrons. The Labute approximate surface area is 189 Å². The lowest BCUT2D eigenvalue weighted by atomic mass is 9.98. The molecule has 1 amide bonds. The smallest absolute Gasteiger partial charge is 0.407 e. The van der Waals surface area contributed by atoms with Crippen LogP contribution in [0.1, 0.15) is 22.6 Å². The maximum absolute atomic E-state index is 12.5. The third-order valence-electron chi connectivity index (χ3n) is 6.12. The molecule has 1 aliphatic rings. The number of carboxylic acids is 1. The summed E-state index contributed by atoms with van der Waals surface area (Å²) < 4.78 is 5.48. The highest BCUT2D eigenvalue weighted by molar-refractivity contribution is 5.90. The standard InChI is InChI=1S/C26H22N2O5/c29-23-11-5-10-21-24(23)15(13-27-21)12-22(25(30)31)28-26(32)33-14-20-18-8-3-1-6-16(18)17-7-2-4-9-19(17)20/h1-11,13,20,22,27,29H,12,14H2,(H,28,32)(H,30,31). The van der Waals surface area contributed by atoms with Gasteiger partial charge in [-0.2, -0.15) is 0 Å². The van der Waals surface area contributed by atoms with Crippen molar-refractivity contribution in [3.05, 3.63) is 89.6 Å². The fourth-order valence-corrected chi connectivity index (χ4v) is 4.60. The maximum Gasteiger partial charge on any atom is 0.407 e. The SMILES string of the molecule is O=C(NC(Cc1c[nH]c2cccc(O)c12)C(=O)O)OCC1c2ccccc2-c2ccccc21. The van der Waals surface area contributed by atoms with E-state index in [1.807, 2.05) is 48.5 Å². The van der Waals surface area contributed by atoms with Gasteiger partial charge < -0.3 is 25.3 Å².